The summed E-state index contributed by atoms with van der Waals surface area (Å²) in [5, 5.41) is 3.16. The van der Waals surface area contributed by atoms with Crippen molar-refractivity contribution in [1.29, 1.82) is 0 Å². The van der Waals surface area contributed by atoms with Crippen LogP contribution in [0.15, 0.2) is 54.6 Å². The van der Waals surface area contributed by atoms with Crippen LogP contribution >= 0.6 is 0 Å². The first kappa shape index (κ1) is 12.7. The summed E-state index contributed by atoms with van der Waals surface area (Å²) >= 11 is 0. The molecular weight excluding hydrogens is 220 g/mol. The molecule has 2 aromatic rings. The Labute approximate surface area is 109 Å². The Hall–Kier alpha value is -1.80. The Morgan fingerprint density at radius 2 is 1.56 bits per heavy atom. The minimum Gasteiger partial charge on any atom is -0.370 e. The van der Waals surface area contributed by atoms with E-state index in [1.807, 2.05) is 7.05 Å². The average Bonchev–Trinajstić information content (AvgIpc) is 2.41. The van der Waals surface area contributed by atoms with E-state index in [0.717, 1.165) is 13.1 Å². The minimum atomic E-state index is 0.919. The van der Waals surface area contributed by atoms with Crippen LogP contribution < -0.4 is 10.2 Å². The van der Waals surface area contributed by atoms with Crippen LogP contribution in [0.5, 0.6) is 0 Å². The lowest BCUT2D eigenvalue weighted by atomic mass is 10.1. The molecule has 94 valence electrons. The lowest BCUT2D eigenvalue weighted by molar-refractivity contribution is 0.817. The number of nitrogens with one attached hydrogen (secondary N) is 1. The molecule has 0 aromatic heterocycles. The van der Waals surface area contributed by atoms with Crippen LogP contribution in [0.3, 0.4) is 0 Å². The Morgan fingerprint density at radius 1 is 0.889 bits per heavy atom. The molecule has 2 heteroatoms. The molecule has 0 unspecified atom stereocenters. The van der Waals surface area contributed by atoms with Gasteiger partial charge in [0.1, 0.15) is 0 Å². The minimum absolute atomic E-state index is 0.919. The summed E-state index contributed by atoms with van der Waals surface area (Å²) in [6, 6.07) is 19.2. The summed E-state index contributed by atoms with van der Waals surface area (Å²) in [7, 11) is 4.09. The van der Waals surface area contributed by atoms with Crippen molar-refractivity contribution in [3.05, 3.63) is 65.7 Å². The van der Waals surface area contributed by atoms with Crippen molar-refractivity contribution in [3.63, 3.8) is 0 Å². The van der Waals surface area contributed by atoms with E-state index in [1.165, 1.54) is 16.8 Å². The first-order valence-corrected chi connectivity index (χ1v) is 6.28. The molecule has 2 rings (SSSR count). The van der Waals surface area contributed by atoms with E-state index in [4.69, 9.17) is 0 Å². The summed E-state index contributed by atoms with van der Waals surface area (Å²) in [4.78, 5) is 2.26. The number of anilines is 1. The Morgan fingerprint density at radius 3 is 2.17 bits per heavy atom. The van der Waals surface area contributed by atoms with Gasteiger partial charge < -0.3 is 10.2 Å². The number of hydrogen-bond donors (Lipinski definition) is 1. The summed E-state index contributed by atoms with van der Waals surface area (Å²) in [5.41, 5.74) is 3.90. The molecule has 0 fully saturated rings. The van der Waals surface area contributed by atoms with E-state index >= 15 is 0 Å². The van der Waals surface area contributed by atoms with Crippen molar-refractivity contribution >= 4 is 5.69 Å². The molecule has 0 amide bonds. The van der Waals surface area contributed by atoms with E-state index in [2.05, 4.69) is 71.9 Å². The van der Waals surface area contributed by atoms with Gasteiger partial charge in [-0.15, -0.1) is 0 Å². The number of rotatable bonds is 5. The monoisotopic (exact) mass is 240 g/mol. The molecule has 0 atom stereocenters. The maximum atomic E-state index is 3.16. The molecule has 2 aromatic carbocycles. The van der Waals surface area contributed by atoms with Gasteiger partial charge in [0.15, 0.2) is 0 Å². The number of nitrogens with zero attached hydrogens (tertiary/aromatic N) is 1. The van der Waals surface area contributed by atoms with Gasteiger partial charge in [-0.25, -0.2) is 0 Å². The maximum Gasteiger partial charge on any atom is 0.0426 e. The molecule has 0 saturated carbocycles. The second kappa shape index (κ2) is 6.22. The fourth-order valence-corrected chi connectivity index (χ4v) is 2.02. The highest BCUT2D eigenvalue weighted by molar-refractivity contribution is 5.47. The fraction of sp³-hybridized carbons (Fsp3) is 0.250. The van der Waals surface area contributed by atoms with Crippen molar-refractivity contribution in [2.45, 2.75) is 13.1 Å². The van der Waals surface area contributed by atoms with Gasteiger partial charge in [0, 0.05) is 25.8 Å². The van der Waals surface area contributed by atoms with Crippen LogP contribution in [0.4, 0.5) is 5.69 Å². The Bertz CT molecular complexity index is 462. The highest BCUT2D eigenvalue weighted by Crippen LogP contribution is 2.16. The van der Waals surface area contributed by atoms with E-state index in [1.54, 1.807) is 0 Å². The van der Waals surface area contributed by atoms with Gasteiger partial charge in [0.05, 0.1) is 0 Å². The van der Waals surface area contributed by atoms with E-state index in [0.29, 0.717) is 0 Å². The van der Waals surface area contributed by atoms with Gasteiger partial charge in [-0.3, -0.25) is 0 Å². The van der Waals surface area contributed by atoms with Crippen LogP contribution in [0.1, 0.15) is 11.1 Å². The predicted molar refractivity (Wildman–Crippen MR) is 77.8 cm³/mol. The van der Waals surface area contributed by atoms with Crippen LogP contribution in [0.2, 0.25) is 0 Å². The zero-order valence-electron chi connectivity index (χ0n) is 11.1. The standard InChI is InChI=1S/C16H20N2/c1-17-12-14-8-10-16(11-9-14)18(2)13-15-6-4-3-5-7-15/h3-11,17H,12-13H2,1-2H3. The summed E-state index contributed by atoms with van der Waals surface area (Å²) in [6.45, 7) is 1.86. The Balaban J connectivity index is 2.02. The van der Waals surface area contributed by atoms with E-state index in [-0.39, 0.29) is 0 Å². The van der Waals surface area contributed by atoms with Crippen molar-refractivity contribution in [3.8, 4) is 0 Å². The van der Waals surface area contributed by atoms with Crippen molar-refractivity contribution < 1.29 is 0 Å². The van der Waals surface area contributed by atoms with Gasteiger partial charge in [-0.1, -0.05) is 42.5 Å². The van der Waals surface area contributed by atoms with Gasteiger partial charge >= 0.3 is 0 Å². The van der Waals surface area contributed by atoms with Crippen molar-refractivity contribution in [2.75, 3.05) is 19.0 Å². The van der Waals surface area contributed by atoms with Crippen LogP contribution in [-0.2, 0) is 13.1 Å². The van der Waals surface area contributed by atoms with Crippen LogP contribution in [-0.4, -0.2) is 14.1 Å². The molecule has 0 aliphatic heterocycles. The molecule has 0 bridgehead atoms. The Kier molecular flexibility index (Phi) is 4.37. The lowest BCUT2D eigenvalue weighted by Gasteiger charge is -2.19. The molecule has 2 nitrogen and oxygen atoms in total. The first-order chi connectivity index (χ1) is 8.79. The van der Waals surface area contributed by atoms with Crippen molar-refractivity contribution in [1.82, 2.24) is 5.32 Å². The quantitative estimate of drug-likeness (QED) is 0.864. The third-order valence-electron chi connectivity index (χ3n) is 3.02. The second-order valence-corrected chi connectivity index (χ2v) is 4.54. The van der Waals surface area contributed by atoms with Gasteiger partial charge in [-0.2, -0.15) is 0 Å². The first-order valence-electron chi connectivity index (χ1n) is 6.28. The number of benzene rings is 2. The highest BCUT2D eigenvalue weighted by Gasteiger charge is 2.01. The normalized spacial score (nSPS) is 10.3. The molecule has 0 saturated heterocycles. The molecule has 0 radical (unpaired) electrons. The molecule has 0 aliphatic rings. The van der Waals surface area contributed by atoms with Gasteiger partial charge in [0.25, 0.3) is 0 Å². The van der Waals surface area contributed by atoms with E-state index in [9.17, 15) is 0 Å². The lowest BCUT2D eigenvalue weighted by Crippen LogP contribution is -2.16. The molecule has 0 spiro atoms. The zero-order valence-corrected chi connectivity index (χ0v) is 11.1. The maximum absolute atomic E-state index is 3.16. The topological polar surface area (TPSA) is 15.3 Å². The van der Waals surface area contributed by atoms with Gasteiger partial charge in [0.2, 0.25) is 0 Å². The highest BCUT2D eigenvalue weighted by atomic mass is 15.1. The fourth-order valence-electron chi connectivity index (χ4n) is 2.02. The molecular formula is C16H20N2. The summed E-state index contributed by atoms with van der Waals surface area (Å²) in [6.07, 6.45) is 0. The van der Waals surface area contributed by atoms with Gasteiger partial charge in [-0.05, 0) is 30.3 Å². The third kappa shape index (κ3) is 3.34. The third-order valence-corrected chi connectivity index (χ3v) is 3.02. The smallest absolute Gasteiger partial charge is 0.0426 e. The molecule has 0 heterocycles. The molecule has 0 aliphatic carbocycles. The SMILES string of the molecule is CNCc1ccc(N(C)Cc2ccccc2)cc1. The zero-order chi connectivity index (χ0) is 12.8. The van der Waals surface area contributed by atoms with Crippen LogP contribution in [0.25, 0.3) is 0 Å². The predicted octanol–water partition coefficient (Wildman–Crippen LogP) is 3.04. The summed E-state index contributed by atoms with van der Waals surface area (Å²) in [5.74, 6) is 0. The second-order valence-electron chi connectivity index (χ2n) is 4.54. The van der Waals surface area contributed by atoms with Crippen LogP contribution in [0, 0.1) is 0 Å². The molecule has 18 heavy (non-hydrogen) atoms. The summed E-state index contributed by atoms with van der Waals surface area (Å²) < 4.78 is 0. The molecule has 1 N–H and O–H groups in total. The van der Waals surface area contributed by atoms with E-state index < -0.39 is 0 Å². The average molecular weight is 240 g/mol. The van der Waals surface area contributed by atoms with Crippen molar-refractivity contribution in [2.24, 2.45) is 0 Å². The largest absolute Gasteiger partial charge is 0.370 e. The number of hydrogen-bond acceptors (Lipinski definition) is 2.